The third-order valence-electron chi connectivity index (χ3n) is 2.87. The van der Waals surface area contributed by atoms with Crippen molar-refractivity contribution in [3.05, 3.63) is 23.3 Å². The van der Waals surface area contributed by atoms with Crippen molar-refractivity contribution < 1.29 is 19.0 Å². The summed E-state index contributed by atoms with van der Waals surface area (Å²) in [5.74, 6) is 0.971. The van der Waals surface area contributed by atoms with E-state index in [9.17, 15) is 4.79 Å². The maximum absolute atomic E-state index is 11.6. The summed E-state index contributed by atoms with van der Waals surface area (Å²) < 4.78 is 15.4. The fraction of sp³-hybridized carbons (Fsp3) is 0.500. The van der Waals surface area contributed by atoms with E-state index in [0.29, 0.717) is 24.5 Å². The van der Waals surface area contributed by atoms with Crippen molar-refractivity contribution in [1.82, 2.24) is 0 Å². The number of ether oxygens (including phenoxy) is 3. The SMILES string of the molecule is CCOC(=O)C(N)Cc1c(C)cc(OC)cc1OC. The van der Waals surface area contributed by atoms with E-state index in [2.05, 4.69) is 0 Å². The van der Waals surface area contributed by atoms with Gasteiger partial charge in [0, 0.05) is 12.5 Å². The molecule has 1 unspecified atom stereocenters. The fourth-order valence-corrected chi connectivity index (χ4v) is 1.87. The lowest BCUT2D eigenvalue weighted by atomic mass is 10.00. The molecule has 5 nitrogen and oxygen atoms in total. The predicted octanol–water partition coefficient (Wildman–Crippen LogP) is 1.45. The van der Waals surface area contributed by atoms with Crippen LogP contribution in [-0.2, 0) is 16.0 Å². The lowest BCUT2D eigenvalue weighted by Crippen LogP contribution is -2.34. The summed E-state index contributed by atoms with van der Waals surface area (Å²) in [5.41, 5.74) is 7.70. The van der Waals surface area contributed by atoms with Crippen molar-refractivity contribution in [2.75, 3.05) is 20.8 Å². The number of methoxy groups -OCH3 is 2. The van der Waals surface area contributed by atoms with Gasteiger partial charge in [-0.1, -0.05) is 0 Å². The molecule has 0 aliphatic rings. The van der Waals surface area contributed by atoms with Crippen LogP contribution >= 0.6 is 0 Å². The van der Waals surface area contributed by atoms with Crippen LogP contribution in [0.3, 0.4) is 0 Å². The molecule has 5 heteroatoms. The Hall–Kier alpha value is -1.75. The Morgan fingerprint density at radius 1 is 1.32 bits per heavy atom. The lowest BCUT2D eigenvalue weighted by Gasteiger charge is -2.16. The van der Waals surface area contributed by atoms with E-state index in [-0.39, 0.29) is 0 Å². The number of nitrogens with two attached hydrogens (primary N) is 1. The van der Waals surface area contributed by atoms with E-state index in [1.54, 1.807) is 27.2 Å². The third-order valence-corrected chi connectivity index (χ3v) is 2.87. The Bertz CT molecular complexity index is 445. The van der Waals surface area contributed by atoms with Gasteiger partial charge in [-0.25, -0.2) is 0 Å². The Morgan fingerprint density at radius 2 is 2.00 bits per heavy atom. The molecule has 0 aliphatic heterocycles. The molecule has 0 bridgehead atoms. The minimum atomic E-state index is -0.694. The van der Waals surface area contributed by atoms with Gasteiger partial charge in [0.1, 0.15) is 17.5 Å². The molecular weight excluding hydrogens is 246 g/mol. The zero-order valence-electron chi connectivity index (χ0n) is 11.9. The van der Waals surface area contributed by atoms with Gasteiger partial charge in [0.25, 0.3) is 0 Å². The molecule has 0 amide bonds. The summed E-state index contributed by atoms with van der Waals surface area (Å²) in [7, 11) is 3.17. The molecule has 0 heterocycles. The van der Waals surface area contributed by atoms with E-state index < -0.39 is 12.0 Å². The summed E-state index contributed by atoms with van der Waals surface area (Å²) in [4.78, 5) is 11.6. The third kappa shape index (κ3) is 3.86. The Labute approximate surface area is 113 Å². The number of aryl methyl sites for hydroxylation is 1. The van der Waals surface area contributed by atoms with Crippen LogP contribution in [-0.4, -0.2) is 32.8 Å². The molecule has 1 rings (SSSR count). The zero-order chi connectivity index (χ0) is 14.4. The summed E-state index contributed by atoms with van der Waals surface area (Å²) in [5, 5.41) is 0. The molecule has 1 aromatic carbocycles. The van der Waals surface area contributed by atoms with E-state index in [1.807, 2.05) is 13.0 Å². The van der Waals surface area contributed by atoms with Crippen LogP contribution in [0, 0.1) is 6.92 Å². The summed E-state index contributed by atoms with van der Waals surface area (Å²) >= 11 is 0. The maximum atomic E-state index is 11.6. The van der Waals surface area contributed by atoms with Crippen LogP contribution in [0.25, 0.3) is 0 Å². The van der Waals surface area contributed by atoms with Gasteiger partial charge in [0.15, 0.2) is 0 Å². The first-order valence-electron chi connectivity index (χ1n) is 6.17. The number of esters is 1. The molecule has 0 spiro atoms. The Kier molecular flexibility index (Phi) is 5.63. The summed E-state index contributed by atoms with van der Waals surface area (Å²) in [6.45, 7) is 4.01. The largest absolute Gasteiger partial charge is 0.497 e. The molecule has 0 saturated carbocycles. The Morgan fingerprint density at radius 3 is 2.53 bits per heavy atom. The smallest absolute Gasteiger partial charge is 0.323 e. The molecule has 0 fully saturated rings. The van der Waals surface area contributed by atoms with Gasteiger partial charge >= 0.3 is 5.97 Å². The van der Waals surface area contributed by atoms with Gasteiger partial charge in [-0.15, -0.1) is 0 Å². The molecule has 19 heavy (non-hydrogen) atoms. The first-order valence-corrected chi connectivity index (χ1v) is 6.17. The zero-order valence-corrected chi connectivity index (χ0v) is 11.9. The fourth-order valence-electron chi connectivity index (χ4n) is 1.87. The number of rotatable bonds is 6. The number of benzene rings is 1. The van der Waals surface area contributed by atoms with E-state index in [1.165, 1.54) is 0 Å². The quantitative estimate of drug-likeness (QED) is 0.790. The molecule has 0 aliphatic carbocycles. The van der Waals surface area contributed by atoms with Crippen LogP contribution in [0.5, 0.6) is 11.5 Å². The molecule has 0 aromatic heterocycles. The first-order chi connectivity index (χ1) is 9.03. The molecule has 106 valence electrons. The van der Waals surface area contributed by atoms with Gasteiger partial charge in [-0.2, -0.15) is 0 Å². The molecule has 1 atom stereocenters. The lowest BCUT2D eigenvalue weighted by molar-refractivity contribution is -0.144. The summed E-state index contributed by atoms with van der Waals surface area (Å²) in [6, 6.07) is 2.97. The van der Waals surface area contributed by atoms with Crippen molar-refractivity contribution in [2.24, 2.45) is 5.73 Å². The van der Waals surface area contributed by atoms with E-state index in [4.69, 9.17) is 19.9 Å². The average molecular weight is 267 g/mol. The van der Waals surface area contributed by atoms with Crippen molar-refractivity contribution >= 4 is 5.97 Å². The highest BCUT2D eigenvalue weighted by Crippen LogP contribution is 2.29. The van der Waals surface area contributed by atoms with E-state index >= 15 is 0 Å². The van der Waals surface area contributed by atoms with E-state index in [0.717, 1.165) is 11.1 Å². The predicted molar refractivity (Wildman–Crippen MR) is 72.6 cm³/mol. The number of hydrogen-bond acceptors (Lipinski definition) is 5. The highest BCUT2D eigenvalue weighted by atomic mass is 16.5. The first kappa shape index (κ1) is 15.3. The van der Waals surface area contributed by atoms with Crippen molar-refractivity contribution in [3.8, 4) is 11.5 Å². The van der Waals surface area contributed by atoms with Crippen LogP contribution in [0.4, 0.5) is 0 Å². The standard InChI is InChI=1S/C14H21NO4/c1-5-19-14(16)12(15)8-11-9(2)6-10(17-3)7-13(11)18-4/h6-7,12H,5,8,15H2,1-4H3. The second-order valence-electron chi connectivity index (χ2n) is 4.19. The van der Waals surface area contributed by atoms with Gasteiger partial charge in [0.05, 0.1) is 20.8 Å². The van der Waals surface area contributed by atoms with Crippen molar-refractivity contribution in [2.45, 2.75) is 26.3 Å². The molecule has 0 radical (unpaired) electrons. The number of carbonyl (C=O) groups excluding carboxylic acids is 1. The van der Waals surface area contributed by atoms with Crippen molar-refractivity contribution in [3.63, 3.8) is 0 Å². The van der Waals surface area contributed by atoms with Gasteiger partial charge in [-0.3, -0.25) is 4.79 Å². The maximum Gasteiger partial charge on any atom is 0.323 e. The van der Waals surface area contributed by atoms with Crippen molar-refractivity contribution in [1.29, 1.82) is 0 Å². The Balaban J connectivity index is 2.97. The number of hydrogen-bond donors (Lipinski definition) is 1. The second kappa shape index (κ2) is 6.99. The monoisotopic (exact) mass is 267 g/mol. The van der Waals surface area contributed by atoms with Gasteiger partial charge in [-0.05, 0) is 31.0 Å². The van der Waals surface area contributed by atoms with Crippen LogP contribution in [0.1, 0.15) is 18.1 Å². The van der Waals surface area contributed by atoms with Crippen LogP contribution in [0.15, 0.2) is 12.1 Å². The van der Waals surface area contributed by atoms with Crippen LogP contribution < -0.4 is 15.2 Å². The summed E-state index contributed by atoms with van der Waals surface area (Å²) in [6.07, 6.45) is 0.373. The molecule has 1 aromatic rings. The number of carbonyl (C=O) groups is 1. The molecule has 0 saturated heterocycles. The second-order valence-corrected chi connectivity index (χ2v) is 4.19. The highest BCUT2D eigenvalue weighted by Gasteiger charge is 2.19. The average Bonchev–Trinajstić information content (AvgIpc) is 2.40. The van der Waals surface area contributed by atoms with Crippen LogP contribution in [0.2, 0.25) is 0 Å². The van der Waals surface area contributed by atoms with Gasteiger partial charge in [0.2, 0.25) is 0 Å². The minimum absolute atomic E-state index is 0.325. The topological polar surface area (TPSA) is 70.8 Å². The van der Waals surface area contributed by atoms with Gasteiger partial charge < -0.3 is 19.9 Å². The highest BCUT2D eigenvalue weighted by molar-refractivity contribution is 5.76. The molecule has 2 N–H and O–H groups in total. The normalized spacial score (nSPS) is 11.8. The molecular formula is C14H21NO4. The minimum Gasteiger partial charge on any atom is -0.497 e.